The molecule has 0 bridgehead atoms. The van der Waals surface area contributed by atoms with Gasteiger partial charge in [0, 0.05) is 0 Å². The van der Waals surface area contributed by atoms with Crippen molar-refractivity contribution >= 4 is 0 Å². The molecule has 0 unspecified atom stereocenters. The van der Waals surface area contributed by atoms with Gasteiger partial charge in [-0.1, -0.05) is 18.2 Å². The molecule has 0 amide bonds. The predicted molar refractivity (Wildman–Crippen MR) is 70.9 cm³/mol. The first-order valence-electron chi connectivity index (χ1n) is 6.53. The Labute approximate surface area is 107 Å². The third-order valence-corrected chi connectivity index (χ3v) is 3.54. The molecule has 0 radical (unpaired) electrons. The topological polar surface area (TPSA) is 42.7 Å². The number of piperidine rings is 1. The molecule has 1 aromatic heterocycles. The molecule has 94 valence electrons. The summed E-state index contributed by atoms with van der Waals surface area (Å²) >= 11 is 0. The molecule has 4 heteroatoms. The van der Waals surface area contributed by atoms with Gasteiger partial charge in [-0.05, 0) is 50.4 Å². The highest BCUT2D eigenvalue weighted by Crippen LogP contribution is 2.29. The Morgan fingerprint density at radius 2 is 2.00 bits per heavy atom. The molecule has 4 nitrogen and oxygen atoms in total. The second-order valence-electron chi connectivity index (χ2n) is 4.86. The number of hydrogen-bond acceptors (Lipinski definition) is 3. The van der Waals surface area contributed by atoms with Gasteiger partial charge in [-0.2, -0.15) is 15.0 Å². The summed E-state index contributed by atoms with van der Waals surface area (Å²) in [5.41, 5.74) is 3.45. The van der Waals surface area contributed by atoms with Crippen LogP contribution in [0.5, 0.6) is 0 Å². The third kappa shape index (κ3) is 2.16. The van der Waals surface area contributed by atoms with Crippen molar-refractivity contribution in [1.82, 2.24) is 20.3 Å². The van der Waals surface area contributed by atoms with Crippen LogP contribution in [0.3, 0.4) is 0 Å². The highest BCUT2D eigenvalue weighted by atomic mass is 15.5. The van der Waals surface area contributed by atoms with E-state index in [0.29, 0.717) is 5.92 Å². The maximum Gasteiger partial charge on any atom is 0.0891 e. The summed E-state index contributed by atoms with van der Waals surface area (Å²) in [5.74, 6) is 0.619. The zero-order chi connectivity index (χ0) is 12.4. The molecule has 1 saturated heterocycles. The van der Waals surface area contributed by atoms with E-state index in [9.17, 15) is 0 Å². The Kier molecular flexibility index (Phi) is 3.11. The van der Waals surface area contributed by atoms with Gasteiger partial charge in [0.15, 0.2) is 0 Å². The summed E-state index contributed by atoms with van der Waals surface area (Å²) in [6.45, 7) is 4.17. The van der Waals surface area contributed by atoms with E-state index in [2.05, 4.69) is 39.8 Å². The maximum atomic E-state index is 4.43. The fraction of sp³-hybridized carbons (Fsp3) is 0.429. The molecule has 1 fully saturated rings. The summed E-state index contributed by atoms with van der Waals surface area (Å²) in [4.78, 5) is 1.76. The summed E-state index contributed by atoms with van der Waals surface area (Å²) < 4.78 is 0. The lowest BCUT2D eigenvalue weighted by molar-refractivity contribution is 0.458. The van der Waals surface area contributed by atoms with Crippen LogP contribution >= 0.6 is 0 Å². The summed E-state index contributed by atoms with van der Waals surface area (Å²) in [5, 5.41) is 12.2. The molecule has 18 heavy (non-hydrogen) atoms. The highest BCUT2D eigenvalue weighted by molar-refractivity contribution is 5.42. The monoisotopic (exact) mass is 242 g/mol. The predicted octanol–water partition coefficient (Wildman–Crippen LogP) is 2.04. The summed E-state index contributed by atoms with van der Waals surface area (Å²) in [7, 11) is 0. The largest absolute Gasteiger partial charge is 0.317 e. The zero-order valence-corrected chi connectivity index (χ0v) is 10.6. The van der Waals surface area contributed by atoms with Gasteiger partial charge in [0.25, 0.3) is 0 Å². The Hall–Kier alpha value is -1.68. The highest BCUT2D eigenvalue weighted by Gasteiger charge is 2.19. The Morgan fingerprint density at radius 3 is 2.72 bits per heavy atom. The average Bonchev–Trinajstić information content (AvgIpc) is 2.86. The maximum absolute atomic E-state index is 4.43. The van der Waals surface area contributed by atoms with Gasteiger partial charge in [0.2, 0.25) is 0 Å². The van der Waals surface area contributed by atoms with Gasteiger partial charge in [-0.25, -0.2) is 0 Å². The second-order valence-corrected chi connectivity index (χ2v) is 4.86. The van der Waals surface area contributed by atoms with Crippen molar-refractivity contribution in [3.63, 3.8) is 0 Å². The van der Waals surface area contributed by atoms with E-state index in [0.717, 1.165) is 24.5 Å². The lowest BCUT2D eigenvalue weighted by atomic mass is 9.89. The number of rotatable bonds is 2. The lowest BCUT2D eigenvalue weighted by Crippen LogP contribution is -2.27. The van der Waals surface area contributed by atoms with Crippen LogP contribution in [0.2, 0.25) is 0 Å². The Balaban J connectivity index is 1.99. The Bertz CT molecular complexity index is 526. The molecule has 0 saturated carbocycles. The Morgan fingerprint density at radius 1 is 1.22 bits per heavy atom. The van der Waals surface area contributed by atoms with E-state index in [1.165, 1.54) is 18.4 Å². The number of nitrogens with zero attached hydrogens (tertiary/aromatic N) is 3. The quantitative estimate of drug-likeness (QED) is 0.876. The van der Waals surface area contributed by atoms with Gasteiger partial charge >= 0.3 is 0 Å². The lowest BCUT2D eigenvalue weighted by Gasteiger charge is -2.24. The average molecular weight is 242 g/mol. The standard InChI is InChI=1S/C14H18N4/c1-11-10-16-18(17-11)14-5-3-2-4-13(14)12-6-8-15-9-7-12/h2-5,10,12,15H,6-9H2,1H3. The number of para-hydroxylation sites is 1. The van der Waals surface area contributed by atoms with Crippen LogP contribution in [-0.2, 0) is 0 Å². The number of aryl methyl sites for hydroxylation is 1. The fourth-order valence-corrected chi connectivity index (χ4v) is 2.60. The molecule has 3 rings (SSSR count). The van der Waals surface area contributed by atoms with Crippen LogP contribution in [0.4, 0.5) is 0 Å². The molecule has 1 aromatic carbocycles. The number of benzene rings is 1. The van der Waals surface area contributed by atoms with Gasteiger partial charge in [-0.15, -0.1) is 0 Å². The molecule has 1 aliphatic heterocycles. The van der Waals surface area contributed by atoms with Crippen LogP contribution in [-0.4, -0.2) is 28.1 Å². The molecular weight excluding hydrogens is 224 g/mol. The number of aromatic nitrogens is 3. The van der Waals surface area contributed by atoms with Crippen molar-refractivity contribution in [3.8, 4) is 5.69 Å². The number of nitrogens with one attached hydrogen (secondary N) is 1. The first kappa shape index (κ1) is 11.4. The molecule has 0 atom stereocenters. The van der Waals surface area contributed by atoms with E-state index in [-0.39, 0.29) is 0 Å². The van der Waals surface area contributed by atoms with Gasteiger partial charge in [0.05, 0.1) is 17.6 Å². The van der Waals surface area contributed by atoms with Crippen molar-refractivity contribution in [1.29, 1.82) is 0 Å². The van der Waals surface area contributed by atoms with E-state index < -0.39 is 0 Å². The van der Waals surface area contributed by atoms with Gasteiger partial charge in [-0.3, -0.25) is 0 Å². The summed E-state index contributed by atoms with van der Waals surface area (Å²) in [6.07, 6.45) is 4.19. The van der Waals surface area contributed by atoms with E-state index in [1.54, 1.807) is 11.0 Å². The smallest absolute Gasteiger partial charge is 0.0891 e. The van der Waals surface area contributed by atoms with Gasteiger partial charge in [0.1, 0.15) is 0 Å². The normalized spacial score (nSPS) is 16.9. The van der Waals surface area contributed by atoms with Crippen molar-refractivity contribution < 1.29 is 0 Å². The van der Waals surface area contributed by atoms with E-state index >= 15 is 0 Å². The van der Waals surface area contributed by atoms with Crippen molar-refractivity contribution in [2.75, 3.05) is 13.1 Å². The molecular formula is C14H18N4. The first-order valence-corrected chi connectivity index (χ1v) is 6.53. The minimum Gasteiger partial charge on any atom is -0.317 e. The first-order chi connectivity index (χ1) is 8.84. The van der Waals surface area contributed by atoms with Crippen molar-refractivity contribution in [2.45, 2.75) is 25.7 Å². The van der Waals surface area contributed by atoms with Crippen molar-refractivity contribution in [3.05, 3.63) is 41.7 Å². The molecule has 1 N–H and O–H groups in total. The molecule has 0 aliphatic carbocycles. The number of hydrogen-bond donors (Lipinski definition) is 1. The third-order valence-electron chi connectivity index (χ3n) is 3.54. The molecule has 2 heterocycles. The zero-order valence-electron chi connectivity index (χ0n) is 10.6. The second kappa shape index (κ2) is 4.90. The molecule has 1 aliphatic rings. The van der Waals surface area contributed by atoms with E-state index in [4.69, 9.17) is 0 Å². The SMILES string of the molecule is Cc1cnn(-c2ccccc2C2CCNCC2)n1. The molecule has 2 aromatic rings. The minimum absolute atomic E-state index is 0.619. The van der Waals surface area contributed by atoms with Crippen LogP contribution in [0.1, 0.15) is 30.0 Å². The van der Waals surface area contributed by atoms with Crippen molar-refractivity contribution in [2.24, 2.45) is 0 Å². The van der Waals surface area contributed by atoms with Crippen LogP contribution in [0.25, 0.3) is 5.69 Å². The van der Waals surface area contributed by atoms with Crippen LogP contribution in [0, 0.1) is 6.92 Å². The van der Waals surface area contributed by atoms with Gasteiger partial charge < -0.3 is 5.32 Å². The fourth-order valence-electron chi connectivity index (χ4n) is 2.60. The van der Waals surface area contributed by atoms with Crippen LogP contribution < -0.4 is 5.32 Å². The minimum atomic E-state index is 0.619. The van der Waals surface area contributed by atoms with E-state index in [1.807, 2.05) is 6.92 Å². The summed E-state index contributed by atoms with van der Waals surface area (Å²) in [6, 6.07) is 8.48. The van der Waals surface area contributed by atoms with Crippen LogP contribution in [0.15, 0.2) is 30.5 Å². The molecule has 0 spiro atoms.